The largest absolute Gasteiger partial charge is 0.356 e. The van der Waals surface area contributed by atoms with Gasteiger partial charge in [0.2, 0.25) is 5.91 Å². The second-order valence-electron chi connectivity index (χ2n) is 7.28. The minimum Gasteiger partial charge on any atom is -0.356 e. The van der Waals surface area contributed by atoms with Gasteiger partial charge in [-0.25, -0.2) is 0 Å². The first kappa shape index (κ1) is 17.0. The maximum Gasteiger partial charge on any atom is 0.251 e. The van der Waals surface area contributed by atoms with Crippen molar-refractivity contribution in [3.8, 4) is 0 Å². The summed E-state index contributed by atoms with van der Waals surface area (Å²) in [5, 5.41) is 2.96. The zero-order valence-electron chi connectivity index (χ0n) is 14.4. The Morgan fingerprint density at radius 3 is 2.64 bits per heavy atom. The number of rotatable bonds is 6. The molecule has 4 heteroatoms. The van der Waals surface area contributed by atoms with Crippen molar-refractivity contribution in [1.82, 2.24) is 10.2 Å². The first-order valence-corrected chi connectivity index (χ1v) is 8.73. The average Bonchev–Trinajstić information content (AvgIpc) is 2.71. The van der Waals surface area contributed by atoms with Crippen LogP contribution in [0.15, 0.2) is 11.1 Å². The van der Waals surface area contributed by atoms with Crippen LogP contribution < -0.4 is 5.32 Å². The van der Waals surface area contributed by atoms with E-state index in [9.17, 15) is 9.59 Å². The molecule has 1 atom stereocenters. The van der Waals surface area contributed by atoms with Gasteiger partial charge in [0.25, 0.3) is 5.91 Å². The molecule has 124 valence electrons. The van der Waals surface area contributed by atoms with Gasteiger partial charge in [0.1, 0.15) is 0 Å². The van der Waals surface area contributed by atoms with Crippen molar-refractivity contribution in [3.63, 3.8) is 0 Å². The van der Waals surface area contributed by atoms with E-state index in [4.69, 9.17) is 0 Å². The van der Waals surface area contributed by atoms with E-state index < -0.39 is 0 Å². The third kappa shape index (κ3) is 3.71. The van der Waals surface area contributed by atoms with Gasteiger partial charge in [0, 0.05) is 18.2 Å². The topological polar surface area (TPSA) is 49.4 Å². The lowest BCUT2D eigenvalue weighted by Gasteiger charge is -2.33. The fourth-order valence-corrected chi connectivity index (χ4v) is 3.59. The molecule has 0 aromatic carbocycles. The van der Waals surface area contributed by atoms with Crippen molar-refractivity contribution in [2.75, 3.05) is 6.54 Å². The molecule has 1 unspecified atom stereocenters. The van der Waals surface area contributed by atoms with E-state index in [0.717, 1.165) is 31.3 Å². The molecule has 22 heavy (non-hydrogen) atoms. The zero-order valence-corrected chi connectivity index (χ0v) is 14.4. The number of nitrogens with zero attached hydrogens (tertiary/aromatic N) is 1. The molecule has 1 aliphatic heterocycles. The van der Waals surface area contributed by atoms with Crippen molar-refractivity contribution in [2.24, 2.45) is 5.92 Å². The summed E-state index contributed by atoms with van der Waals surface area (Å²) in [6.45, 7) is 9.12. The summed E-state index contributed by atoms with van der Waals surface area (Å²) in [5.74, 6) is 0.664. The van der Waals surface area contributed by atoms with Crippen molar-refractivity contribution >= 4 is 11.8 Å². The standard InChI is InChI=1S/C18H30N2O2/c1-12(2)9-10-19-17(21)11-15-14-7-5-6-8-16(14)20(13(3)4)18(15)22/h12-13,16H,5-11H2,1-4H3,(H,19,21). The predicted octanol–water partition coefficient (Wildman–Crippen LogP) is 3.03. The van der Waals surface area contributed by atoms with Crippen LogP contribution in [-0.4, -0.2) is 35.3 Å². The van der Waals surface area contributed by atoms with E-state index in [1.807, 2.05) is 4.90 Å². The molecule has 0 aromatic heterocycles. The zero-order chi connectivity index (χ0) is 16.3. The van der Waals surface area contributed by atoms with Crippen molar-refractivity contribution in [1.29, 1.82) is 0 Å². The molecule has 2 aliphatic rings. The molecule has 1 N–H and O–H groups in total. The SMILES string of the molecule is CC(C)CCNC(=O)CC1=C2CCCCC2N(C(C)C)C1=O. The Bertz CT molecular complexity index is 466. The highest BCUT2D eigenvalue weighted by atomic mass is 16.2. The molecule has 0 bridgehead atoms. The molecule has 1 heterocycles. The summed E-state index contributed by atoms with van der Waals surface area (Å²) >= 11 is 0. The summed E-state index contributed by atoms with van der Waals surface area (Å²) < 4.78 is 0. The smallest absolute Gasteiger partial charge is 0.251 e. The molecule has 1 saturated carbocycles. The lowest BCUT2D eigenvalue weighted by Crippen LogP contribution is -2.41. The lowest BCUT2D eigenvalue weighted by atomic mass is 9.88. The van der Waals surface area contributed by atoms with E-state index in [-0.39, 0.29) is 30.3 Å². The first-order valence-electron chi connectivity index (χ1n) is 8.73. The average molecular weight is 306 g/mol. The molecule has 2 amide bonds. The van der Waals surface area contributed by atoms with Crippen LogP contribution in [0.3, 0.4) is 0 Å². The molecule has 0 saturated heterocycles. The van der Waals surface area contributed by atoms with Crippen molar-refractivity contribution < 1.29 is 9.59 Å². The number of nitrogens with one attached hydrogen (secondary N) is 1. The second kappa shape index (κ2) is 7.30. The monoisotopic (exact) mass is 306 g/mol. The number of carbonyl (C=O) groups excluding carboxylic acids is 2. The summed E-state index contributed by atoms with van der Waals surface area (Å²) in [6, 6.07) is 0.451. The second-order valence-corrected chi connectivity index (χ2v) is 7.28. The highest BCUT2D eigenvalue weighted by Gasteiger charge is 2.41. The Labute approximate surface area is 134 Å². The molecule has 0 spiro atoms. The first-order chi connectivity index (χ1) is 10.4. The normalized spacial score (nSPS) is 21.8. The third-order valence-corrected chi connectivity index (χ3v) is 4.73. The molecule has 0 radical (unpaired) electrons. The Hall–Kier alpha value is -1.32. The van der Waals surface area contributed by atoms with Gasteiger partial charge in [-0.2, -0.15) is 0 Å². The Morgan fingerprint density at radius 2 is 2.00 bits per heavy atom. The van der Waals surface area contributed by atoms with Crippen LogP contribution in [0.5, 0.6) is 0 Å². The Kier molecular flexibility index (Phi) is 5.65. The van der Waals surface area contributed by atoms with Gasteiger partial charge in [-0.15, -0.1) is 0 Å². The van der Waals surface area contributed by atoms with Crippen LogP contribution in [0.4, 0.5) is 0 Å². The summed E-state index contributed by atoms with van der Waals surface area (Å²) in [7, 11) is 0. The van der Waals surface area contributed by atoms with Crippen LogP contribution in [0.25, 0.3) is 0 Å². The number of amides is 2. The van der Waals surface area contributed by atoms with Crippen LogP contribution >= 0.6 is 0 Å². The van der Waals surface area contributed by atoms with Crippen LogP contribution in [0.2, 0.25) is 0 Å². The highest BCUT2D eigenvalue weighted by molar-refractivity contribution is 6.02. The van der Waals surface area contributed by atoms with Gasteiger partial charge in [-0.3, -0.25) is 9.59 Å². The fourth-order valence-electron chi connectivity index (χ4n) is 3.59. The number of hydrogen-bond acceptors (Lipinski definition) is 2. The van der Waals surface area contributed by atoms with Crippen molar-refractivity contribution in [3.05, 3.63) is 11.1 Å². The van der Waals surface area contributed by atoms with Crippen molar-refractivity contribution in [2.45, 2.75) is 78.3 Å². The quantitative estimate of drug-likeness (QED) is 0.820. The summed E-state index contributed by atoms with van der Waals surface area (Å²) in [4.78, 5) is 26.9. The highest BCUT2D eigenvalue weighted by Crippen LogP contribution is 2.38. The summed E-state index contributed by atoms with van der Waals surface area (Å²) in [6.07, 6.45) is 5.59. The number of fused-ring (bicyclic) bond motifs is 1. The number of hydrogen-bond donors (Lipinski definition) is 1. The minimum absolute atomic E-state index is 0.00794. The Morgan fingerprint density at radius 1 is 1.27 bits per heavy atom. The molecule has 2 rings (SSSR count). The van der Waals surface area contributed by atoms with Gasteiger partial charge >= 0.3 is 0 Å². The van der Waals surface area contributed by atoms with E-state index >= 15 is 0 Å². The van der Waals surface area contributed by atoms with Crippen LogP contribution in [0, 0.1) is 5.92 Å². The number of carbonyl (C=O) groups is 2. The van der Waals surface area contributed by atoms with Gasteiger partial charge in [0.05, 0.1) is 12.5 Å². The molecule has 1 fully saturated rings. The van der Waals surface area contributed by atoms with Crippen LogP contribution in [-0.2, 0) is 9.59 Å². The lowest BCUT2D eigenvalue weighted by molar-refractivity contribution is -0.130. The molecule has 0 aromatic rings. The van der Waals surface area contributed by atoms with Gasteiger partial charge < -0.3 is 10.2 Å². The molecular formula is C18H30N2O2. The third-order valence-electron chi connectivity index (χ3n) is 4.73. The molecule has 4 nitrogen and oxygen atoms in total. The summed E-state index contributed by atoms with van der Waals surface area (Å²) in [5.41, 5.74) is 2.02. The Balaban J connectivity index is 2.04. The minimum atomic E-state index is -0.00794. The van der Waals surface area contributed by atoms with Crippen LogP contribution in [0.1, 0.15) is 66.2 Å². The molecule has 1 aliphatic carbocycles. The maximum atomic E-state index is 12.7. The van der Waals surface area contributed by atoms with E-state index in [1.54, 1.807) is 0 Å². The van der Waals surface area contributed by atoms with E-state index in [0.29, 0.717) is 12.5 Å². The van der Waals surface area contributed by atoms with Gasteiger partial charge in [-0.1, -0.05) is 20.3 Å². The predicted molar refractivity (Wildman–Crippen MR) is 88.3 cm³/mol. The van der Waals surface area contributed by atoms with Gasteiger partial charge in [-0.05, 0) is 51.0 Å². The maximum absolute atomic E-state index is 12.7. The van der Waals surface area contributed by atoms with Gasteiger partial charge in [0.15, 0.2) is 0 Å². The van der Waals surface area contributed by atoms with E-state index in [1.165, 1.54) is 12.0 Å². The van der Waals surface area contributed by atoms with E-state index in [2.05, 4.69) is 33.0 Å². The molecular weight excluding hydrogens is 276 g/mol. The fraction of sp³-hybridized carbons (Fsp3) is 0.778.